The summed E-state index contributed by atoms with van der Waals surface area (Å²) in [5.41, 5.74) is 3.16. The molecule has 1 heterocycles. The molecule has 1 N–H and O–H groups in total. The minimum absolute atomic E-state index is 0. The predicted octanol–water partition coefficient (Wildman–Crippen LogP) is 3.67. The Hall–Kier alpha value is -1.39. The summed E-state index contributed by atoms with van der Waals surface area (Å²) in [5.74, 6) is 0. The lowest BCUT2D eigenvalue weighted by molar-refractivity contribution is 0.503. The Morgan fingerprint density at radius 1 is 1.14 bits per heavy atom. The van der Waals surface area contributed by atoms with Gasteiger partial charge in [-0.3, -0.25) is 0 Å². The average molecular weight is 309 g/mol. The van der Waals surface area contributed by atoms with E-state index >= 15 is 0 Å². The second kappa shape index (κ2) is 8.80. The summed E-state index contributed by atoms with van der Waals surface area (Å²) in [5, 5.41) is 12.8. The Morgan fingerprint density at radius 2 is 1.86 bits per heavy atom. The Bertz CT molecular complexity index is 524. The highest BCUT2D eigenvalue weighted by Gasteiger charge is 2.13. The summed E-state index contributed by atoms with van der Waals surface area (Å²) in [7, 11) is 0. The molecule has 0 aliphatic carbocycles. The maximum absolute atomic E-state index is 4.64. The summed E-state index contributed by atoms with van der Waals surface area (Å²) in [6.45, 7) is 8.15. The fourth-order valence-electron chi connectivity index (χ4n) is 2.04. The molecule has 2 rings (SSSR count). The maximum atomic E-state index is 4.64. The van der Waals surface area contributed by atoms with Gasteiger partial charge in [-0.05, 0) is 19.8 Å². The number of aromatic nitrogens is 3. The van der Waals surface area contributed by atoms with Crippen LogP contribution in [0.2, 0.25) is 0 Å². The van der Waals surface area contributed by atoms with Crippen LogP contribution in [0.15, 0.2) is 30.3 Å². The van der Waals surface area contributed by atoms with Gasteiger partial charge in [-0.2, -0.15) is 15.0 Å². The van der Waals surface area contributed by atoms with E-state index in [2.05, 4.69) is 48.4 Å². The number of nitrogens with zero attached hydrogens (tertiary/aromatic N) is 3. The van der Waals surface area contributed by atoms with Crippen LogP contribution in [0.1, 0.15) is 39.3 Å². The minimum Gasteiger partial charge on any atom is -0.309 e. The van der Waals surface area contributed by atoms with Gasteiger partial charge in [-0.15, -0.1) is 12.4 Å². The van der Waals surface area contributed by atoms with E-state index < -0.39 is 0 Å². The zero-order valence-corrected chi connectivity index (χ0v) is 13.9. The highest BCUT2D eigenvalue weighted by atomic mass is 35.5. The molecule has 0 aliphatic rings. The molecule has 1 atom stereocenters. The van der Waals surface area contributed by atoms with Crippen LogP contribution in [0.5, 0.6) is 0 Å². The van der Waals surface area contributed by atoms with Crippen LogP contribution in [0.25, 0.3) is 11.3 Å². The van der Waals surface area contributed by atoms with Crippen LogP contribution in [-0.4, -0.2) is 21.0 Å². The average Bonchev–Trinajstić information content (AvgIpc) is 2.89. The molecule has 1 aromatic heterocycles. The third-order valence-electron chi connectivity index (χ3n) is 3.43. The molecule has 116 valence electrons. The van der Waals surface area contributed by atoms with Crippen molar-refractivity contribution < 1.29 is 0 Å². The molecular weight excluding hydrogens is 284 g/mol. The smallest absolute Gasteiger partial charge is 0.117 e. The molecule has 0 radical (unpaired) electrons. The van der Waals surface area contributed by atoms with Gasteiger partial charge < -0.3 is 5.32 Å². The van der Waals surface area contributed by atoms with E-state index in [1.165, 1.54) is 0 Å². The molecule has 4 nitrogen and oxygen atoms in total. The van der Waals surface area contributed by atoms with E-state index in [1.807, 2.05) is 23.0 Å². The lowest BCUT2D eigenvalue weighted by Crippen LogP contribution is -2.25. The van der Waals surface area contributed by atoms with Crippen molar-refractivity contribution in [3.8, 4) is 11.3 Å². The van der Waals surface area contributed by atoms with Crippen molar-refractivity contribution in [2.24, 2.45) is 0 Å². The van der Waals surface area contributed by atoms with Crippen LogP contribution in [0.4, 0.5) is 0 Å². The van der Waals surface area contributed by atoms with Gasteiger partial charge in [-0.1, -0.05) is 44.2 Å². The molecule has 0 fully saturated rings. The second-order valence-corrected chi connectivity index (χ2v) is 5.15. The van der Waals surface area contributed by atoms with Crippen LogP contribution in [0, 0.1) is 0 Å². The summed E-state index contributed by atoms with van der Waals surface area (Å²) >= 11 is 0. The van der Waals surface area contributed by atoms with E-state index in [9.17, 15) is 0 Å². The Morgan fingerprint density at radius 3 is 2.48 bits per heavy atom. The fourth-order valence-corrected chi connectivity index (χ4v) is 2.04. The number of rotatable bonds is 7. The maximum Gasteiger partial charge on any atom is 0.117 e. The summed E-state index contributed by atoms with van der Waals surface area (Å²) < 4.78 is 0. The molecule has 1 aromatic carbocycles. The molecule has 0 bridgehead atoms. The van der Waals surface area contributed by atoms with Gasteiger partial charge in [0.1, 0.15) is 11.4 Å². The number of nitrogens with one attached hydrogen (secondary N) is 1. The summed E-state index contributed by atoms with van der Waals surface area (Å²) in [6.07, 6.45) is 2.16. The number of hydrogen-bond acceptors (Lipinski definition) is 3. The highest BCUT2D eigenvalue weighted by molar-refractivity contribution is 5.85. The van der Waals surface area contributed by atoms with E-state index in [4.69, 9.17) is 0 Å². The Kier molecular flexibility index (Phi) is 7.40. The van der Waals surface area contributed by atoms with Gasteiger partial charge in [-0.25, -0.2) is 0 Å². The molecule has 2 aromatic rings. The van der Waals surface area contributed by atoms with Crippen LogP contribution >= 0.6 is 12.4 Å². The van der Waals surface area contributed by atoms with Crippen molar-refractivity contribution in [2.75, 3.05) is 0 Å². The van der Waals surface area contributed by atoms with Crippen LogP contribution in [-0.2, 0) is 13.1 Å². The molecule has 0 aliphatic heterocycles. The first-order chi connectivity index (χ1) is 9.74. The monoisotopic (exact) mass is 308 g/mol. The van der Waals surface area contributed by atoms with Gasteiger partial charge in [0.05, 0.1) is 6.54 Å². The highest BCUT2D eigenvalue weighted by Crippen LogP contribution is 2.20. The standard InChI is InChI=1S/C16H24N4.ClH/c1-4-11-20-18-15(12-17-13(3)5-2)16(19-20)14-9-7-6-8-10-14;/h6-10,13,17H,4-5,11-12H2,1-3H3;1H. The zero-order chi connectivity index (χ0) is 14.4. The minimum atomic E-state index is 0. The quantitative estimate of drug-likeness (QED) is 0.848. The lowest BCUT2D eigenvalue weighted by Gasteiger charge is -2.10. The van der Waals surface area contributed by atoms with Crippen molar-refractivity contribution in [1.29, 1.82) is 0 Å². The van der Waals surface area contributed by atoms with Crippen LogP contribution < -0.4 is 5.32 Å². The van der Waals surface area contributed by atoms with Crippen molar-refractivity contribution in [2.45, 2.75) is 52.7 Å². The number of benzene rings is 1. The topological polar surface area (TPSA) is 42.7 Å². The largest absolute Gasteiger partial charge is 0.309 e. The van der Waals surface area contributed by atoms with Crippen molar-refractivity contribution >= 4 is 12.4 Å². The number of aryl methyl sites for hydroxylation is 1. The molecule has 0 amide bonds. The first-order valence-corrected chi connectivity index (χ1v) is 7.47. The molecule has 1 unspecified atom stereocenters. The van der Waals surface area contributed by atoms with E-state index in [1.54, 1.807) is 0 Å². The Labute approximate surface area is 133 Å². The van der Waals surface area contributed by atoms with E-state index in [-0.39, 0.29) is 12.4 Å². The molecular formula is C16H25ClN4. The third kappa shape index (κ3) is 4.83. The molecule has 0 saturated heterocycles. The number of hydrogen-bond donors (Lipinski definition) is 1. The van der Waals surface area contributed by atoms with Gasteiger partial charge >= 0.3 is 0 Å². The van der Waals surface area contributed by atoms with Gasteiger partial charge in [0.25, 0.3) is 0 Å². The second-order valence-electron chi connectivity index (χ2n) is 5.15. The molecule has 0 spiro atoms. The summed E-state index contributed by atoms with van der Waals surface area (Å²) in [4.78, 5) is 1.82. The molecule has 0 saturated carbocycles. The van der Waals surface area contributed by atoms with E-state index in [0.29, 0.717) is 6.04 Å². The molecule has 5 heteroatoms. The van der Waals surface area contributed by atoms with E-state index in [0.717, 1.165) is 42.9 Å². The van der Waals surface area contributed by atoms with Crippen molar-refractivity contribution in [3.05, 3.63) is 36.0 Å². The number of halogens is 1. The third-order valence-corrected chi connectivity index (χ3v) is 3.43. The first kappa shape index (κ1) is 17.7. The van der Waals surface area contributed by atoms with Crippen molar-refractivity contribution in [1.82, 2.24) is 20.3 Å². The zero-order valence-electron chi connectivity index (χ0n) is 13.0. The first-order valence-electron chi connectivity index (χ1n) is 7.47. The SMILES string of the molecule is CCCn1nc(CNC(C)CC)c(-c2ccccc2)n1.Cl. The predicted molar refractivity (Wildman–Crippen MR) is 89.6 cm³/mol. The van der Waals surface area contributed by atoms with Gasteiger partial charge in [0.2, 0.25) is 0 Å². The lowest BCUT2D eigenvalue weighted by atomic mass is 10.1. The normalized spacial score (nSPS) is 12.0. The summed E-state index contributed by atoms with van der Waals surface area (Å²) in [6, 6.07) is 10.8. The Balaban J connectivity index is 0.00000220. The van der Waals surface area contributed by atoms with Crippen LogP contribution in [0.3, 0.4) is 0 Å². The molecule has 21 heavy (non-hydrogen) atoms. The van der Waals surface area contributed by atoms with Gasteiger partial charge in [0, 0.05) is 18.2 Å². The van der Waals surface area contributed by atoms with Gasteiger partial charge in [0.15, 0.2) is 0 Å². The van der Waals surface area contributed by atoms with Crippen molar-refractivity contribution in [3.63, 3.8) is 0 Å². The fraction of sp³-hybridized carbons (Fsp3) is 0.500.